The van der Waals surface area contributed by atoms with Crippen molar-refractivity contribution in [2.75, 3.05) is 33.3 Å². The number of hydrogen-bond donors (Lipinski definition) is 0. The number of rotatable bonds is 10. The van der Waals surface area contributed by atoms with Gasteiger partial charge in [0.05, 0.1) is 37.6 Å². The molecule has 41 heavy (non-hydrogen) atoms. The first kappa shape index (κ1) is 28.4. The van der Waals surface area contributed by atoms with E-state index < -0.39 is 0 Å². The number of carbonyl (C=O) groups is 1. The van der Waals surface area contributed by atoms with E-state index in [0.29, 0.717) is 38.3 Å². The summed E-state index contributed by atoms with van der Waals surface area (Å²) in [7, 11) is 3.54. The summed E-state index contributed by atoms with van der Waals surface area (Å²) < 4.78 is 15.4. The molecule has 1 amide bonds. The van der Waals surface area contributed by atoms with Crippen LogP contribution in [0.3, 0.4) is 0 Å². The number of nitrogens with zero attached hydrogens (tertiary/aromatic N) is 4. The Labute approximate surface area is 241 Å². The van der Waals surface area contributed by atoms with Gasteiger partial charge >= 0.3 is 0 Å². The van der Waals surface area contributed by atoms with Gasteiger partial charge in [-0.1, -0.05) is 60.7 Å². The van der Waals surface area contributed by atoms with Crippen LogP contribution >= 0.6 is 0 Å². The lowest BCUT2D eigenvalue weighted by Crippen LogP contribution is -2.39. The number of para-hydroxylation sites is 1. The first-order valence-electron chi connectivity index (χ1n) is 14.0. The molecule has 1 fully saturated rings. The van der Waals surface area contributed by atoms with E-state index in [1.54, 1.807) is 11.8 Å². The molecule has 0 spiro atoms. The summed E-state index contributed by atoms with van der Waals surface area (Å²) in [5.74, 6) is 0.827. The number of methoxy groups -OCH3 is 1. The normalized spacial score (nSPS) is 16.1. The van der Waals surface area contributed by atoms with Gasteiger partial charge < -0.3 is 14.4 Å². The predicted molar refractivity (Wildman–Crippen MR) is 159 cm³/mol. The number of aromatic nitrogens is 2. The summed E-state index contributed by atoms with van der Waals surface area (Å²) in [5, 5.41) is 0. The summed E-state index contributed by atoms with van der Waals surface area (Å²) in [5.41, 5.74) is 4.51. The van der Waals surface area contributed by atoms with Gasteiger partial charge in [0.1, 0.15) is 5.75 Å². The highest BCUT2D eigenvalue weighted by atomic mass is 16.5. The number of carbonyl (C=O) groups excluding carboxylic acids is 1. The molecular weight excluding hydrogens is 516 g/mol. The van der Waals surface area contributed by atoms with Gasteiger partial charge in [-0.3, -0.25) is 19.2 Å². The fourth-order valence-electron chi connectivity index (χ4n) is 5.41. The molecular formula is C33H38N4O4. The van der Waals surface area contributed by atoms with Crippen molar-refractivity contribution in [3.8, 4) is 11.4 Å². The molecule has 1 aromatic heterocycles. The maximum Gasteiger partial charge on any atom is 0.276 e. The van der Waals surface area contributed by atoms with Crippen LogP contribution < -0.4 is 10.3 Å². The quantitative estimate of drug-likeness (QED) is 0.297. The van der Waals surface area contributed by atoms with Crippen LogP contribution in [0.4, 0.5) is 0 Å². The zero-order chi connectivity index (χ0) is 28.8. The minimum absolute atomic E-state index is 0.0466. The molecule has 1 aliphatic heterocycles. The highest BCUT2D eigenvalue weighted by molar-refractivity contribution is 5.78. The zero-order valence-corrected chi connectivity index (χ0v) is 24.0. The van der Waals surface area contributed by atoms with E-state index in [1.807, 2.05) is 96.3 Å². The Morgan fingerprint density at radius 3 is 2.32 bits per heavy atom. The van der Waals surface area contributed by atoms with E-state index in [4.69, 9.17) is 9.47 Å². The molecule has 8 heteroatoms. The average molecular weight is 555 g/mol. The number of ether oxygens (including phenoxy) is 2. The van der Waals surface area contributed by atoms with Crippen LogP contribution in [0.5, 0.6) is 5.75 Å². The molecule has 4 aromatic rings. The summed E-state index contributed by atoms with van der Waals surface area (Å²) in [4.78, 5) is 31.1. The van der Waals surface area contributed by atoms with Crippen LogP contribution in [0.1, 0.15) is 22.4 Å². The molecule has 1 saturated heterocycles. The predicted octanol–water partition coefficient (Wildman–Crippen LogP) is 3.97. The van der Waals surface area contributed by atoms with E-state index in [9.17, 15) is 9.59 Å². The first-order chi connectivity index (χ1) is 19.9. The zero-order valence-electron chi connectivity index (χ0n) is 24.0. The second-order valence-corrected chi connectivity index (χ2v) is 10.6. The van der Waals surface area contributed by atoms with Crippen molar-refractivity contribution in [2.45, 2.75) is 32.6 Å². The van der Waals surface area contributed by atoms with Gasteiger partial charge in [0.15, 0.2) is 0 Å². The van der Waals surface area contributed by atoms with E-state index in [2.05, 4.69) is 17.0 Å². The molecule has 0 radical (unpaired) electrons. The minimum atomic E-state index is -0.219. The third-order valence-corrected chi connectivity index (χ3v) is 7.79. The SMILES string of the molecule is COc1cccc(COC2CN(Cc3c(C)n(C)n(-c4ccccc4)c3=O)CC(=O)N(CCc3ccccc3)C2)c1. The molecule has 214 valence electrons. The van der Waals surface area contributed by atoms with Crippen LogP contribution in [0.25, 0.3) is 5.69 Å². The van der Waals surface area contributed by atoms with Crippen LogP contribution in [-0.2, 0) is 36.2 Å². The molecule has 1 aliphatic rings. The minimum Gasteiger partial charge on any atom is -0.497 e. The number of amides is 1. The van der Waals surface area contributed by atoms with Crippen LogP contribution in [0.2, 0.25) is 0 Å². The van der Waals surface area contributed by atoms with E-state index >= 15 is 0 Å². The van der Waals surface area contributed by atoms with Crippen molar-refractivity contribution < 1.29 is 14.3 Å². The highest BCUT2D eigenvalue weighted by Gasteiger charge is 2.30. The summed E-state index contributed by atoms with van der Waals surface area (Å²) >= 11 is 0. The Hall–Kier alpha value is -4.14. The van der Waals surface area contributed by atoms with Gasteiger partial charge in [-0.2, -0.15) is 0 Å². The molecule has 0 saturated carbocycles. The first-order valence-corrected chi connectivity index (χ1v) is 14.0. The molecule has 0 aliphatic carbocycles. The lowest BCUT2D eigenvalue weighted by atomic mass is 10.1. The molecule has 8 nitrogen and oxygen atoms in total. The van der Waals surface area contributed by atoms with E-state index in [1.165, 1.54) is 5.56 Å². The largest absolute Gasteiger partial charge is 0.497 e. The lowest BCUT2D eigenvalue weighted by Gasteiger charge is -2.25. The van der Waals surface area contributed by atoms with Gasteiger partial charge in [-0.05, 0) is 48.7 Å². The summed E-state index contributed by atoms with van der Waals surface area (Å²) in [6.45, 7) is 4.61. The monoisotopic (exact) mass is 554 g/mol. The molecule has 1 unspecified atom stereocenters. The van der Waals surface area contributed by atoms with Gasteiger partial charge in [0.2, 0.25) is 5.91 Å². The van der Waals surface area contributed by atoms with Crippen molar-refractivity contribution in [3.63, 3.8) is 0 Å². The standard InChI is InChI=1S/C33H38N4O4/c1-25-31(33(39)37(34(25)2)28-14-8-5-9-15-28)22-35-20-30(41-24-27-13-10-16-29(19-27)40-3)21-36(32(38)23-35)18-17-26-11-6-4-7-12-26/h4-16,19,30H,17-18,20-24H2,1-3H3. The fraction of sp³-hybridized carbons (Fsp3) is 0.333. The molecule has 3 aromatic carbocycles. The molecule has 5 rings (SSSR count). The van der Waals surface area contributed by atoms with E-state index in [0.717, 1.165) is 29.1 Å². The smallest absolute Gasteiger partial charge is 0.276 e. The number of benzene rings is 3. The molecule has 2 heterocycles. The second-order valence-electron chi connectivity index (χ2n) is 10.6. The Kier molecular flexibility index (Phi) is 9.01. The van der Waals surface area contributed by atoms with Crippen molar-refractivity contribution in [1.29, 1.82) is 0 Å². The van der Waals surface area contributed by atoms with Gasteiger partial charge in [0, 0.05) is 38.9 Å². The van der Waals surface area contributed by atoms with Gasteiger partial charge in [-0.25, -0.2) is 4.68 Å². The lowest BCUT2D eigenvalue weighted by molar-refractivity contribution is -0.131. The Morgan fingerprint density at radius 2 is 1.59 bits per heavy atom. The van der Waals surface area contributed by atoms with Crippen molar-refractivity contribution in [1.82, 2.24) is 19.2 Å². The van der Waals surface area contributed by atoms with Crippen LogP contribution in [0.15, 0.2) is 89.7 Å². The Bertz CT molecular complexity index is 1510. The van der Waals surface area contributed by atoms with Crippen LogP contribution in [-0.4, -0.2) is 64.5 Å². The summed E-state index contributed by atoms with van der Waals surface area (Å²) in [6, 6.07) is 27.7. The second kappa shape index (κ2) is 13.0. The third kappa shape index (κ3) is 6.78. The number of hydrogen-bond acceptors (Lipinski definition) is 5. The van der Waals surface area contributed by atoms with Crippen LogP contribution in [0, 0.1) is 6.92 Å². The van der Waals surface area contributed by atoms with Gasteiger partial charge in [0.25, 0.3) is 5.56 Å². The fourth-order valence-corrected chi connectivity index (χ4v) is 5.41. The molecule has 0 bridgehead atoms. The average Bonchev–Trinajstić information content (AvgIpc) is 3.11. The highest BCUT2D eigenvalue weighted by Crippen LogP contribution is 2.18. The van der Waals surface area contributed by atoms with E-state index in [-0.39, 0.29) is 24.1 Å². The Morgan fingerprint density at radius 1 is 0.878 bits per heavy atom. The topological polar surface area (TPSA) is 68.9 Å². The molecule has 1 atom stereocenters. The van der Waals surface area contributed by atoms with Crippen molar-refractivity contribution >= 4 is 5.91 Å². The molecule has 0 N–H and O–H groups in total. The summed E-state index contributed by atoms with van der Waals surface area (Å²) in [6.07, 6.45) is 0.554. The van der Waals surface area contributed by atoms with Crippen molar-refractivity contribution in [2.24, 2.45) is 7.05 Å². The maximum atomic E-state index is 13.6. The maximum absolute atomic E-state index is 13.6. The van der Waals surface area contributed by atoms with Crippen molar-refractivity contribution in [3.05, 3.63) is 118 Å². The third-order valence-electron chi connectivity index (χ3n) is 7.79. The Balaban J connectivity index is 1.37. The van der Waals surface area contributed by atoms with Gasteiger partial charge in [-0.15, -0.1) is 0 Å².